The molecule has 1 saturated heterocycles. The van der Waals surface area contributed by atoms with E-state index >= 15 is 0 Å². The highest BCUT2D eigenvalue weighted by Gasteiger charge is 2.31. The van der Waals surface area contributed by atoms with Crippen molar-refractivity contribution in [3.8, 4) is 0 Å². The van der Waals surface area contributed by atoms with Gasteiger partial charge < -0.3 is 9.80 Å². The summed E-state index contributed by atoms with van der Waals surface area (Å²) in [6.45, 7) is 3.67. The average Bonchev–Trinajstić information content (AvgIpc) is 2.86. The lowest BCUT2D eigenvalue weighted by Gasteiger charge is -2.20. The van der Waals surface area contributed by atoms with Gasteiger partial charge in [-0.1, -0.05) is 0 Å². The molecule has 1 aromatic heterocycles. The van der Waals surface area contributed by atoms with Crippen LogP contribution in [0.5, 0.6) is 0 Å². The third kappa shape index (κ3) is 3.45. The van der Waals surface area contributed by atoms with E-state index in [0.29, 0.717) is 26.1 Å². The quantitative estimate of drug-likeness (QED) is 0.587. The summed E-state index contributed by atoms with van der Waals surface area (Å²) in [6.07, 6.45) is 3.37. The van der Waals surface area contributed by atoms with Crippen molar-refractivity contribution in [1.82, 2.24) is 14.8 Å². The number of pyridine rings is 1. The minimum absolute atomic E-state index is 0.0908. The second kappa shape index (κ2) is 6.47. The summed E-state index contributed by atoms with van der Waals surface area (Å²) >= 11 is 0. The van der Waals surface area contributed by atoms with Crippen molar-refractivity contribution in [2.75, 3.05) is 26.7 Å². The van der Waals surface area contributed by atoms with Crippen LogP contribution in [-0.4, -0.2) is 59.1 Å². The van der Waals surface area contributed by atoms with Gasteiger partial charge in [-0.3, -0.25) is 19.4 Å². The Morgan fingerprint density at radius 3 is 2.81 bits per heavy atom. The molecule has 2 rings (SSSR count). The number of amides is 2. The molecule has 0 aromatic carbocycles. The number of ketones is 1. The fourth-order valence-corrected chi connectivity index (χ4v) is 2.55. The normalized spacial score (nSPS) is 17.9. The van der Waals surface area contributed by atoms with E-state index in [1.165, 1.54) is 11.1 Å². The highest BCUT2D eigenvalue weighted by Crippen LogP contribution is 2.18. The standard InChI is InChI=1S/C15H19N3O3/c1-3-18-10-11(7-13(18)19)9-17(2)15(21)14(20)12-5-4-6-16-8-12/h4-6,8,11H,3,7,9-10H2,1-2H3. The first-order valence-electron chi connectivity index (χ1n) is 7.00. The molecule has 21 heavy (non-hydrogen) atoms. The number of hydrogen-bond donors (Lipinski definition) is 0. The summed E-state index contributed by atoms with van der Waals surface area (Å²) in [4.78, 5) is 42.8. The molecule has 0 aliphatic carbocycles. The van der Waals surface area contributed by atoms with E-state index < -0.39 is 11.7 Å². The maximum atomic E-state index is 12.1. The molecule has 0 bridgehead atoms. The van der Waals surface area contributed by atoms with Gasteiger partial charge in [0.25, 0.3) is 11.7 Å². The van der Waals surface area contributed by atoms with Crippen LogP contribution in [0.25, 0.3) is 0 Å². The highest BCUT2D eigenvalue weighted by molar-refractivity contribution is 6.42. The van der Waals surface area contributed by atoms with E-state index in [-0.39, 0.29) is 17.4 Å². The molecule has 1 fully saturated rings. The van der Waals surface area contributed by atoms with Gasteiger partial charge in [-0.2, -0.15) is 0 Å². The third-order valence-corrected chi connectivity index (χ3v) is 3.67. The van der Waals surface area contributed by atoms with Gasteiger partial charge in [0, 0.05) is 57.0 Å². The molecule has 6 heteroatoms. The predicted octanol–water partition coefficient (Wildman–Crippen LogP) is 0.591. The van der Waals surface area contributed by atoms with Gasteiger partial charge in [0.2, 0.25) is 5.91 Å². The van der Waals surface area contributed by atoms with Crippen molar-refractivity contribution in [3.63, 3.8) is 0 Å². The molecule has 1 aromatic rings. The van der Waals surface area contributed by atoms with Crippen LogP contribution in [0.2, 0.25) is 0 Å². The van der Waals surface area contributed by atoms with Crippen molar-refractivity contribution in [3.05, 3.63) is 30.1 Å². The van der Waals surface area contributed by atoms with E-state index in [4.69, 9.17) is 0 Å². The Labute approximate surface area is 123 Å². The molecule has 1 atom stereocenters. The predicted molar refractivity (Wildman–Crippen MR) is 76.6 cm³/mol. The van der Waals surface area contributed by atoms with Crippen LogP contribution in [0, 0.1) is 5.92 Å². The molecule has 6 nitrogen and oxygen atoms in total. The van der Waals surface area contributed by atoms with Gasteiger partial charge in [0.15, 0.2) is 0 Å². The minimum atomic E-state index is -0.567. The van der Waals surface area contributed by atoms with Gasteiger partial charge in [0.05, 0.1) is 0 Å². The van der Waals surface area contributed by atoms with Crippen molar-refractivity contribution in [2.24, 2.45) is 5.92 Å². The molecule has 2 amide bonds. The van der Waals surface area contributed by atoms with Crippen molar-refractivity contribution in [2.45, 2.75) is 13.3 Å². The number of nitrogens with zero attached hydrogens (tertiary/aromatic N) is 3. The Bertz CT molecular complexity index is 544. The molecule has 2 heterocycles. The molecular weight excluding hydrogens is 270 g/mol. The molecule has 0 N–H and O–H groups in total. The Morgan fingerprint density at radius 2 is 2.24 bits per heavy atom. The van der Waals surface area contributed by atoms with Crippen LogP contribution >= 0.6 is 0 Å². The van der Waals surface area contributed by atoms with E-state index in [0.717, 1.165) is 0 Å². The SMILES string of the molecule is CCN1CC(CN(C)C(=O)C(=O)c2cccnc2)CC1=O. The summed E-state index contributed by atoms with van der Waals surface area (Å²) in [7, 11) is 1.59. The van der Waals surface area contributed by atoms with Gasteiger partial charge >= 0.3 is 0 Å². The topological polar surface area (TPSA) is 70.6 Å². The first kappa shape index (κ1) is 15.2. The van der Waals surface area contributed by atoms with Crippen LogP contribution in [0.4, 0.5) is 0 Å². The summed E-state index contributed by atoms with van der Waals surface area (Å²) in [6, 6.07) is 3.19. The summed E-state index contributed by atoms with van der Waals surface area (Å²) < 4.78 is 0. The average molecular weight is 289 g/mol. The molecule has 0 saturated carbocycles. The zero-order valence-corrected chi connectivity index (χ0v) is 12.3. The maximum Gasteiger partial charge on any atom is 0.294 e. The number of carbonyl (C=O) groups excluding carboxylic acids is 3. The number of likely N-dealkylation sites (tertiary alicyclic amines) is 1. The summed E-state index contributed by atoms with van der Waals surface area (Å²) in [5, 5.41) is 0. The lowest BCUT2D eigenvalue weighted by Crippen LogP contribution is -2.37. The van der Waals surface area contributed by atoms with E-state index in [1.54, 1.807) is 30.3 Å². The second-order valence-corrected chi connectivity index (χ2v) is 5.26. The Morgan fingerprint density at radius 1 is 1.48 bits per heavy atom. The van der Waals surface area contributed by atoms with E-state index in [1.807, 2.05) is 6.92 Å². The Hall–Kier alpha value is -2.24. The fourth-order valence-electron chi connectivity index (χ4n) is 2.55. The summed E-state index contributed by atoms with van der Waals surface area (Å²) in [5.41, 5.74) is 0.284. The number of rotatable bonds is 5. The largest absolute Gasteiger partial charge is 0.343 e. The molecule has 1 aliphatic rings. The van der Waals surface area contributed by atoms with Crippen molar-refractivity contribution < 1.29 is 14.4 Å². The first-order valence-corrected chi connectivity index (χ1v) is 7.00. The van der Waals surface area contributed by atoms with Crippen LogP contribution in [0.3, 0.4) is 0 Å². The Kier molecular flexibility index (Phi) is 4.67. The molecule has 1 unspecified atom stereocenters. The highest BCUT2D eigenvalue weighted by atomic mass is 16.2. The molecule has 0 radical (unpaired) electrons. The number of likely N-dealkylation sites (N-methyl/N-ethyl adjacent to an activating group) is 1. The molecular formula is C15H19N3O3. The second-order valence-electron chi connectivity index (χ2n) is 5.26. The van der Waals surface area contributed by atoms with E-state index in [2.05, 4.69) is 4.98 Å². The number of carbonyl (C=O) groups is 3. The monoisotopic (exact) mass is 289 g/mol. The zero-order chi connectivity index (χ0) is 15.4. The van der Waals surface area contributed by atoms with Crippen LogP contribution in [0.15, 0.2) is 24.5 Å². The van der Waals surface area contributed by atoms with Crippen LogP contribution in [0.1, 0.15) is 23.7 Å². The smallest absolute Gasteiger partial charge is 0.294 e. The summed E-state index contributed by atoms with van der Waals surface area (Å²) in [5.74, 6) is -0.928. The zero-order valence-electron chi connectivity index (χ0n) is 12.3. The van der Waals surface area contributed by atoms with Gasteiger partial charge in [0.1, 0.15) is 0 Å². The van der Waals surface area contributed by atoms with Gasteiger partial charge in [-0.05, 0) is 19.1 Å². The number of hydrogen-bond acceptors (Lipinski definition) is 4. The van der Waals surface area contributed by atoms with Crippen molar-refractivity contribution >= 4 is 17.6 Å². The van der Waals surface area contributed by atoms with E-state index in [9.17, 15) is 14.4 Å². The van der Waals surface area contributed by atoms with Crippen molar-refractivity contribution in [1.29, 1.82) is 0 Å². The number of aromatic nitrogens is 1. The third-order valence-electron chi connectivity index (χ3n) is 3.67. The van der Waals surface area contributed by atoms with Gasteiger partial charge in [-0.15, -0.1) is 0 Å². The lowest BCUT2D eigenvalue weighted by atomic mass is 10.1. The Balaban J connectivity index is 1.95. The van der Waals surface area contributed by atoms with Crippen LogP contribution < -0.4 is 0 Å². The minimum Gasteiger partial charge on any atom is -0.343 e. The molecule has 0 spiro atoms. The fraction of sp³-hybridized carbons (Fsp3) is 0.467. The number of Topliss-reactive ketones (excluding diaryl/α,β-unsaturated/α-hetero) is 1. The van der Waals surface area contributed by atoms with Gasteiger partial charge in [-0.25, -0.2) is 0 Å². The van der Waals surface area contributed by atoms with Crippen LogP contribution in [-0.2, 0) is 9.59 Å². The lowest BCUT2D eigenvalue weighted by molar-refractivity contribution is -0.128. The maximum absolute atomic E-state index is 12.1. The first-order chi connectivity index (χ1) is 10.0. The molecule has 112 valence electrons. The molecule has 1 aliphatic heterocycles.